The van der Waals surface area contributed by atoms with E-state index in [4.69, 9.17) is 4.74 Å². The van der Waals surface area contributed by atoms with Gasteiger partial charge in [-0.2, -0.15) is 5.10 Å². The van der Waals surface area contributed by atoms with E-state index in [2.05, 4.69) is 10.4 Å². The number of ketones is 2. The predicted octanol–water partition coefficient (Wildman–Crippen LogP) is 2.75. The Morgan fingerprint density at radius 3 is 2.26 bits per heavy atom. The summed E-state index contributed by atoms with van der Waals surface area (Å²) in [6, 6.07) is 10.9. The molecule has 0 bridgehead atoms. The highest BCUT2D eigenvalue weighted by Gasteiger charge is 2.30. The maximum absolute atomic E-state index is 12.9. The maximum Gasteiger partial charge on any atom is 0.328 e. The quantitative estimate of drug-likeness (QED) is 0.253. The first-order valence-corrected chi connectivity index (χ1v) is 10.6. The molecule has 4 rings (SSSR count). The molecule has 0 aliphatic heterocycles. The minimum absolute atomic E-state index is 0.161. The van der Waals surface area contributed by atoms with Gasteiger partial charge in [0.25, 0.3) is 5.91 Å². The highest BCUT2D eigenvalue weighted by atomic mass is 16.6. The van der Waals surface area contributed by atoms with Crippen LogP contribution >= 0.6 is 0 Å². The van der Waals surface area contributed by atoms with Crippen LogP contribution in [0.15, 0.2) is 42.5 Å². The molecule has 1 N–H and O–H groups in total. The van der Waals surface area contributed by atoms with Crippen molar-refractivity contribution in [2.24, 2.45) is 0 Å². The Labute approximate surface area is 198 Å². The largest absolute Gasteiger partial charge is 0.451 e. The molecular weight excluding hydrogens is 456 g/mol. The lowest BCUT2D eigenvalue weighted by Gasteiger charge is -2.19. The van der Waals surface area contributed by atoms with Crippen LogP contribution in [0.5, 0.6) is 0 Å². The van der Waals surface area contributed by atoms with Crippen molar-refractivity contribution in [2.45, 2.75) is 33.4 Å². The highest BCUT2D eigenvalue weighted by Crippen LogP contribution is 2.29. The van der Waals surface area contributed by atoms with E-state index >= 15 is 0 Å². The Hall–Kier alpha value is -4.67. The molecule has 2 aromatic carbocycles. The number of carbonyl (C=O) groups excluding carboxylic acids is 4. The number of nitro groups is 1. The van der Waals surface area contributed by atoms with Gasteiger partial charge in [0, 0.05) is 27.9 Å². The number of aryl methyl sites for hydroxylation is 1. The van der Waals surface area contributed by atoms with Crippen molar-refractivity contribution in [1.29, 1.82) is 0 Å². The molecule has 1 aliphatic rings. The zero-order valence-corrected chi connectivity index (χ0v) is 19.0. The van der Waals surface area contributed by atoms with Crippen LogP contribution in [0.2, 0.25) is 0 Å². The van der Waals surface area contributed by atoms with E-state index in [-0.39, 0.29) is 45.5 Å². The Balaban J connectivity index is 1.44. The van der Waals surface area contributed by atoms with Crippen LogP contribution in [0.25, 0.3) is 0 Å². The SMILES string of the molecule is Cc1nn(CC(=O)OC(C)C(=O)Nc2ccc3c(c2)C(=O)c2ccccc2C3=O)c(C)c1[N+](=O)[O-]. The summed E-state index contributed by atoms with van der Waals surface area (Å²) in [5.41, 5.74) is 1.45. The number of nitrogens with one attached hydrogen (secondary N) is 1. The van der Waals surface area contributed by atoms with E-state index in [9.17, 15) is 29.3 Å². The van der Waals surface area contributed by atoms with Gasteiger partial charge in [0.15, 0.2) is 17.7 Å². The summed E-state index contributed by atoms with van der Waals surface area (Å²) in [5, 5.41) is 17.7. The van der Waals surface area contributed by atoms with Gasteiger partial charge in [-0.1, -0.05) is 24.3 Å². The minimum atomic E-state index is -1.21. The Kier molecular flexibility index (Phi) is 6.00. The van der Waals surface area contributed by atoms with Crippen LogP contribution in [-0.4, -0.2) is 44.3 Å². The normalized spacial score (nSPS) is 13.0. The zero-order chi connectivity index (χ0) is 25.4. The second-order valence-electron chi connectivity index (χ2n) is 8.02. The first-order chi connectivity index (χ1) is 16.6. The number of benzene rings is 2. The van der Waals surface area contributed by atoms with E-state index < -0.39 is 29.4 Å². The van der Waals surface area contributed by atoms with Gasteiger partial charge >= 0.3 is 11.7 Å². The van der Waals surface area contributed by atoms with Crippen LogP contribution in [-0.2, 0) is 20.9 Å². The third-order valence-corrected chi connectivity index (χ3v) is 5.67. The van der Waals surface area contributed by atoms with E-state index in [0.29, 0.717) is 11.1 Å². The number of nitrogens with zero attached hydrogens (tertiary/aromatic N) is 3. The van der Waals surface area contributed by atoms with Crippen LogP contribution in [0.1, 0.15) is 50.2 Å². The average molecular weight is 476 g/mol. The van der Waals surface area contributed by atoms with E-state index in [1.165, 1.54) is 39.0 Å². The van der Waals surface area contributed by atoms with Gasteiger partial charge in [-0.15, -0.1) is 0 Å². The van der Waals surface area contributed by atoms with E-state index in [0.717, 1.165) is 4.68 Å². The summed E-state index contributed by atoms with van der Waals surface area (Å²) in [6.07, 6.45) is -1.21. The van der Waals surface area contributed by atoms with Gasteiger partial charge in [0.2, 0.25) is 0 Å². The van der Waals surface area contributed by atoms with Crippen molar-refractivity contribution >= 4 is 34.8 Å². The molecule has 0 spiro atoms. The van der Waals surface area contributed by atoms with Crippen molar-refractivity contribution in [3.63, 3.8) is 0 Å². The van der Waals surface area contributed by atoms with Crippen LogP contribution in [0, 0.1) is 24.0 Å². The number of rotatable bonds is 6. The molecule has 0 fully saturated rings. The number of fused-ring (bicyclic) bond motifs is 2. The number of amides is 1. The van der Waals surface area contributed by atoms with Crippen molar-refractivity contribution in [3.05, 3.63) is 86.2 Å². The Bertz CT molecular complexity index is 1420. The summed E-state index contributed by atoms with van der Waals surface area (Å²) in [6.45, 7) is 3.87. The van der Waals surface area contributed by atoms with Gasteiger partial charge in [0.1, 0.15) is 17.9 Å². The lowest BCUT2D eigenvalue weighted by molar-refractivity contribution is -0.386. The first-order valence-electron chi connectivity index (χ1n) is 10.6. The maximum atomic E-state index is 12.9. The van der Waals surface area contributed by atoms with Crippen molar-refractivity contribution < 1.29 is 28.8 Å². The second kappa shape index (κ2) is 8.93. The lowest BCUT2D eigenvalue weighted by atomic mass is 9.84. The van der Waals surface area contributed by atoms with Crippen LogP contribution in [0.3, 0.4) is 0 Å². The first kappa shape index (κ1) is 23.5. The molecule has 1 amide bonds. The average Bonchev–Trinajstić information content (AvgIpc) is 3.09. The smallest absolute Gasteiger partial charge is 0.328 e. The molecule has 11 nitrogen and oxygen atoms in total. The molecule has 1 heterocycles. The summed E-state index contributed by atoms with van der Waals surface area (Å²) in [5.74, 6) is -2.08. The van der Waals surface area contributed by atoms with Crippen molar-refractivity contribution in [3.8, 4) is 0 Å². The summed E-state index contributed by atoms with van der Waals surface area (Å²) in [7, 11) is 0. The van der Waals surface area contributed by atoms with Gasteiger partial charge in [-0.25, -0.2) is 0 Å². The van der Waals surface area contributed by atoms with Gasteiger partial charge in [-0.3, -0.25) is 34.0 Å². The van der Waals surface area contributed by atoms with Crippen molar-refractivity contribution in [1.82, 2.24) is 9.78 Å². The van der Waals surface area contributed by atoms with Crippen molar-refractivity contribution in [2.75, 3.05) is 5.32 Å². The lowest BCUT2D eigenvalue weighted by Crippen LogP contribution is -2.31. The number of aromatic nitrogens is 2. The fourth-order valence-electron chi connectivity index (χ4n) is 3.94. The summed E-state index contributed by atoms with van der Waals surface area (Å²) < 4.78 is 6.29. The van der Waals surface area contributed by atoms with Crippen LogP contribution in [0.4, 0.5) is 11.4 Å². The van der Waals surface area contributed by atoms with Gasteiger partial charge in [0.05, 0.1) is 4.92 Å². The molecule has 1 unspecified atom stereocenters. The highest BCUT2D eigenvalue weighted by molar-refractivity contribution is 6.28. The topological polar surface area (TPSA) is 150 Å². The Morgan fingerprint density at radius 1 is 1.06 bits per heavy atom. The third-order valence-electron chi connectivity index (χ3n) is 5.67. The molecule has 35 heavy (non-hydrogen) atoms. The molecule has 178 valence electrons. The number of anilines is 1. The number of hydrogen-bond donors (Lipinski definition) is 1. The molecule has 1 aromatic heterocycles. The molecule has 0 saturated carbocycles. The minimum Gasteiger partial charge on any atom is -0.451 e. The number of esters is 1. The molecule has 1 aliphatic carbocycles. The molecule has 3 aromatic rings. The monoisotopic (exact) mass is 476 g/mol. The van der Waals surface area contributed by atoms with Gasteiger partial charge in [-0.05, 0) is 39.0 Å². The number of ether oxygens (including phenoxy) is 1. The second-order valence-corrected chi connectivity index (χ2v) is 8.02. The Morgan fingerprint density at radius 2 is 1.66 bits per heavy atom. The zero-order valence-electron chi connectivity index (χ0n) is 19.0. The molecule has 11 heteroatoms. The fourth-order valence-corrected chi connectivity index (χ4v) is 3.94. The number of carbonyl (C=O) groups is 4. The standard InChI is InChI=1S/C24H20N4O7/c1-12-21(28(33)34)13(2)27(26-12)11-20(29)35-14(3)24(32)25-15-8-9-18-19(10-15)23(31)17-7-5-4-6-16(17)22(18)30/h4-10,14H,11H2,1-3H3,(H,25,32). The molecule has 1 atom stereocenters. The summed E-state index contributed by atoms with van der Waals surface area (Å²) in [4.78, 5) is 61.0. The van der Waals surface area contributed by atoms with E-state index in [1.807, 2.05) is 0 Å². The third kappa shape index (κ3) is 4.31. The molecular formula is C24H20N4O7. The van der Waals surface area contributed by atoms with Gasteiger partial charge < -0.3 is 10.1 Å². The number of hydrogen-bond acceptors (Lipinski definition) is 8. The molecule has 0 radical (unpaired) electrons. The molecule has 0 saturated heterocycles. The van der Waals surface area contributed by atoms with Crippen LogP contribution < -0.4 is 5.32 Å². The predicted molar refractivity (Wildman–Crippen MR) is 122 cm³/mol. The fraction of sp³-hybridized carbons (Fsp3) is 0.208. The summed E-state index contributed by atoms with van der Waals surface area (Å²) >= 11 is 0. The van der Waals surface area contributed by atoms with E-state index in [1.54, 1.807) is 24.3 Å².